The molecule has 1 amide bonds. The summed E-state index contributed by atoms with van der Waals surface area (Å²) in [7, 11) is 0. The Labute approximate surface area is 127 Å². The molecule has 0 radical (unpaired) electrons. The summed E-state index contributed by atoms with van der Waals surface area (Å²) in [5.41, 5.74) is 1.39. The number of hydrogen-bond acceptors (Lipinski definition) is 3. The van der Waals surface area contributed by atoms with Gasteiger partial charge in [0.15, 0.2) is 0 Å². The summed E-state index contributed by atoms with van der Waals surface area (Å²) in [6.07, 6.45) is 3.22. The molecule has 3 aromatic rings. The van der Waals surface area contributed by atoms with Crippen LogP contribution in [0.3, 0.4) is 0 Å². The Balaban J connectivity index is 1.73. The summed E-state index contributed by atoms with van der Waals surface area (Å²) in [5.74, 6) is -0.252. The lowest BCUT2D eigenvalue weighted by molar-refractivity contribution is -0.122. The fourth-order valence-electron chi connectivity index (χ4n) is 2.33. The summed E-state index contributed by atoms with van der Waals surface area (Å²) >= 11 is 0. The lowest BCUT2D eigenvalue weighted by atomic mass is 10.1. The number of nitrogens with zero attached hydrogens (tertiary/aromatic N) is 3. The SMILES string of the molecule is C[C@H](NC(=O)Cn1ncc2cccn2c1=O)c1ccccc1. The average molecular weight is 296 g/mol. The van der Waals surface area contributed by atoms with E-state index in [9.17, 15) is 9.59 Å². The molecule has 1 atom stereocenters. The molecule has 6 heteroatoms. The number of hydrogen-bond donors (Lipinski definition) is 1. The highest BCUT2D eigenvalue weighted by atomic mass is 16.2. The first-order valence-electron chi connectivity index (χ1n) is 7.02. The largest absolute Gasteiger partial charge is 0.349 e. The average Bonchev–Trinajstić information content (AvgIpc) is 3.00. The van der Waals surface area contributed by atoms with E-state index in [1.165, 1.54) is 4.40 Å². The monoisotopic (exact) mass is 296 g/mol. The summed E-state index contributed by atoms with van der Waals surface area (Å²) in [5, 5.41) is 6.89. The third kappa shape index (κ3) is 2.76. The third-order valence-electron chi connectivity index (χ3n) is 3.51. The van der Waals surface area contributed by atoms with Gasteiger partial charge >= 0.3 is 5.69 Å². The normalized spacial score (nSPS) is 12.2. The molecule has 6 nitrogen and oxygen atoms in total. The number of fused-ring (bicyclic) bond motifs is 1. The zero-order chi connectivity index (χ0) is 15.5. The van der Waals surface area contributed by atoms with Crippen molar-refractivity contribution in [2.45, 2.75) is 19.5 Å². The van der Waals surface area contributed by atoms with Gasteiger partial charge < -0.3 is 5.32 Å². The first kappa shape index (κ1) is 14.1. The van der Waals surface area contributed by atoms with Gasteiger partial charge in [0.05, 0.1) is 17.8 Å². The first-order valence-corrected chi connectivity index (χ1v) is 7.02. The molecule has 2 heterocycles. The van der Waals surface area contributed by atoms with Crippen LogP contribution in [0.5, 0.6) is 0 Å². The van der Waals surface area contributed by atoms with Gasteiger partial charge in [-0.1, -0.05) is 30.3 Å². The third-order valence-corrected chi connectivity index (χ3v) is 3.51. The van der Waals surface area contributed by atoms with Crippen molar-refractivity contribution in [1.82, 2.24) is 19.5 Å². The van der Waals surface area contributed by atoms with Crippen LogP contribution >= 0.6 is 0 Å². The zero-order valence-electron chi connectivity index (χ0n) is 12.1. The van der Waals surface area contributed by atoms with Crippen LogP contribution in [0.1, 0.15) is 18.5 Å². The van der Waals surface area contributed by atoms with E-state index < -0.39 is 0 Å². The molecular weight excluding hydrogens is 280 g/mol. The Kier molecular flexibility index (Phi) is 3.74. The molecule has 0 unspecified atom stereocenters. The van der Waals surface area contributed by atoms with Gasteiger partial charge in [0, 0.05) is 6.20 Å². The lowest BCUT2D eigenvalue weighted by Gasteiger charge is -2.14. The van der Waals surface area contributed by atoms with Gasteiger partial charge in [-0.25, -0.2) is 9.48 Å². The summed E-state index contributed by atoms with van der Waals surface area (Å²) in [6, 6.07) is 13.1. The molecule has 2 aromatic heterocycles. The van der Waals surface area contributed by atoms with E-state index in [2.05, 4.69) is 10.4 Å². The standard InChI is InChI=1S/C16H16N4O2/c1-12(13-6-3-2-4-7-13)18-15(21)11-20-16(22)19-9-5-8-14(19)10-17-20/h2-10,12H,11H2,1H3,(H,18,21)/t12-/m0/s1. The molecule has 3 rings (SSSR count). The summed E-state index contributed by atoms with van der Waals surface area (Å²) in [4.78, 5) is 24.3. The van der Waals surface area contributed by atoms with Gasteiger partial charge in [0.25, 0.3) is 0 Å². The Morgan fingerprint density at radius 2 is 2.00 bits per heavy atom. The maximum Gasteiger partial charge on any atom is 0.349 e. The van der Waals surface area contributed by atoms with Gasteiger partial charge in [-0.05, 0) is 24.6 Å². The molecule has 0 aliphatic carbocycles. The molecule has 1 aromatic carbocycles. The number of carbonyl (C=O) groups excluding carboxylic acids is 1. The molecule has 0 spiro atoms. The van der Waals surface area contributed by atoms with E-state index >= 15 is 0 Å². The first-order chi connectivity index (χ1) is 10.6. The minimum absolute atomic E-state index is 0.107. The van der Waals surface area contributed by atoms with Gasteiger partial charge in [-0.2, -0.15) is 5.10 Å². The Morgan fingerprint density at radius 3 is 2.77 bits per heavy atom. The van der Waals surface area contributed by atoms with Crippen LogP contribution in [0, 0.1) is 0 Å². The van der Waals surface area contributed by atoms with Crippen molar-refractivity contribution in [1.29, 1.82) is 0 Å². The predicted molar refractivity (Wildman–Crippen MR) is 82.5 cm³/mol. The second-order valence-electron chi connectivity index (χ2n) is 5.09. The summed E-state index contributed by atoms with van der Waals surface area (Å²) in [6.45, 7) is 1.79. The van der Waals surface area contributed by atoms with Crippen LogP contribution in [0.2, 0.25) is 0 Å². The van der Waals surface area contributed by atoms with Crippen molar-refractivity contribution < 1.29 is 4.79 Å². The number of carbonyl (C=O) groups is 1. The minimum Gasteiger partial charge on any atom is -0.348 e. The number of nitrogens with one attached hydrogen (secondary N) is 1. The molecule has 0 fully saturated rings. The maximum absolute atomic E-state index is 12.2. The van der Waals surface area contributed by atoms with Gasteiger partial charge in [-0.3, -0.25) is 9.20 Å². The van der Waals surface area contributed by atoms with Crippen LogP contribution in [0.25, 0.3) is 5.52 Å². The van der Waals surface area contributed by atoms with Gasteiger partial charge in [0.1, 0.15) is 6.54 Å². The van der Waals surface area contributed by atoms with Crippen molar-refractivity contribution in [2.75, 3.05) is 0 Å². The molecule has 0 saturated heterocycles. The quantitative estimate of drug-likeness (QED) is 0.790. The number of amides is 1. The highest BCUT2D eigenvalue weighted by molar-refractivity contribution is 5.76. The molecule has 0 bridgehead atoms. The smallest absolute Gasteiger partial charge is 0.348 e. The summed E-state index contributed by atoms with van der Waals surface area (Å²) < 4.78 is 2.61. The molecular formula is C16H16N4O2. The lowest BCUT2D eigenvalue weighted by Crippen LogP contribution is -2.36. The topological polar surface area (TPSA) is 68.4 Å². The Hall–Kier alpha value is -2.89. The number of rotatable bonds is 4. The van der Waals surface area contributed by atoms with Crippen LogP contribution < -0.4 is 11.0 Å². The van der Waals surface area contributed by atoms with Crippen molar-refractivity contribution in [3.05, 3.63) is 70.9 Å². The second kappa shape index (κ2) is 5.85. The van der Waals surface area contributed by atoms with E-state index in [1.807, 2.05) is 37.3 Å². The van der Waals surface area contributed by atoms with Crippen molar-refractivity contribution in [3.63, 3.8) is 0 Å². The maximum atomic E-state index is 12.2. The highest BCUT2D eigenvalue weighted by Gasteiger charge is 2.12. The van der Waals surface area contributed by atoms with E-state index in [-0.39, 0.29) is 24.2 Å². The van der Waals surface area contributed by atoms with E-state index in [0.29, 0.717) is 5.52 Å². The highest BCUT2D eigenvalue weighted by Crippen LogP contribution is 2.10. The molecule has 22 heavy (non-hydrogen) atoms. The van der Waals surface area contributed by atoms with Crippen LogP contribution in [-0.4, -0.2) is 20.1 Å². The minimum atomic E-state index is -0.329. The molecule has 112 valence electrons. The van der Waals surface area contributed by atoms with Crippen molar-refractivity contribution in [3.8, 4) is 0 Å². The van der Waals surface area contributed by atoms with E-state index in [0.717, 1.165) is 10.2 Å². The molecule has 0 aliphatic heterocycles. The molecule has 1 N–H and O–H groups in total. The number of aromatic nitrogens is 3. The van der Waals surface area contributed by atoms with Crippen LogP contribution in [-0.2, 0) is 11.3 Å². The Morgan fingerprint density at radius 1 is 1.23 bits per heavy atom. The number of benzene rings is 1. The van der Waals surface area contributed by atoms with Crippen LogP contribution in [0.15, 0.2) is 59.7 Å². The van der Waals surface area contributed by atoms with Crippen LogP contribution in [0.4, 0.5) is 0 Å². The zero-order valence-corrected chi connectivity index (χ0v) is 12.1. The Bertz CT molecular complexity index is 851. The van der Waals surface area contributed by atoms with Crippen molar-refractivity contribution >= 4 is 11.4 Å². The van der Waals surface area contributed by atoms with Crippen molar-refractivity contribution in [2.24, 2.45) is 0 Å². The van der Waals surface area contributed by atoms with E-state index in [4.69, 9.17) is 0 Å². The fraction of sp³-hybridized carbons (Fsp3) is 0.188. The van der Waals surface area contributed by atoms with Gasteiger partial charge in [-0.15, -0.1) is 0 Å². The van der Waals surface area contributed by atoms with Gasteiger partial charge in [0.2, 0.25) is 5.91 Å². The molecule has 0 aliphatic rings. The molecule has 0 saturated carbocycles. The predicted octanol–water partition coefficient (Wildman–Crippen LogP) is 1.37. The fourth-order valence-corrected chi connectivity index (χ4v) is 2.33. The second-order valence-corrected chi connectivity index (χ2v) is 5.09. The van der Waals surface area contributed by atoms with E-state index in [1.54, 1.807) is 24.5 Å².